The van der Waals surface area contributed by atoms with E-state index >= 15 is 0 Å². The average Bonchev–Trinajstić information content (AvgIpc) is 3.31. The van der Waals surface area contributed by atoms with Gasteiger partial charge in [0.05, 0.1) is 24.1 Å². The lowest BCUT2D eigenvalue weighted by molar-refractivity contribution is -0.115. The molecule has 0 radical (unpaired) electrons. The topological polar surface area (TPSA) is 103 Å². The summed E-state index contributed by atoms with van der Waals surface area (Å²) in [4.78, 5) is 46.9. The van der Waals surface area contributed by atoms with E-state index in [1.807, 2.05) is 54.6 Å². The molecule has 3 aromatic carbocycles. The number of benzene rings is 3. The van der Waals surface area contributed by atoms with Gasteiger partial charge in [-0.2, -0.15) is 0 Å². The van der Waals surface area contributed by atoms with E-state index in [0.29, 0.717) is 22.6 Å². The summed E-state index contributed by atoms with van der Waals surface area (Å²) in [5.41, 5.74) is 4.45. The third-order valence-corrected chi connectivity index (χ3v) is 7.49. The highest BCUT2D eigenvalue weighted by Gasteiger charge is 2.36. The number of urea groups is 1. The number of esters is 1. The molecule has 1 unspecified atom stereocenters. The number of nitrogens with zero attached hydrogens (tertiary/aromatic N) is 3. The predicted molar refractivity (Wildman–Crippen MR) is 156 cm³/mol. The zero-order valence-electron chi connectivity index (χ0n) is 22.9. The second kappa shape index (κ2) is 11.7. The average molecular weight is 540 g/mol. The first-order valence-corrected chi connectivity index (χ1v) is 13.3. The Balaban J connectivity index is 1.40. The molecule has 0 aromatic heterocycles. The monoisotopic (exact) mass is 539 g/mol. The van der Waals surface area contributed by atoms with Crippen LogP contribution in [0.1, 0.15) is 40.2 Å². The van der Waals surface area contributed by atoms with Gasteiger partial charge in [-0.3, -0.25) is 14.7 Å². The highest BCUT2D eigenvalue weighted by Crippen LogP contribution is 2.37. The van der Waals surface area contributed by atoms with E-state index in [2.05, 4.69) is 22.6 Å². The van der Waals surface area contributed by atoms with Gasteiger partial charge in [0.1, 0.15) is 5.92 Å². The SMILES string of the molecule is COC(=O)c1ccc2c(c1)NC(=O)C2C(=Nc1ccc(N(C)C(=O)NC2CCN(C)CC2)cc1)c1ccccc1. The Kier molecular flexibility index (Phi) is 7.93. The third kappa shape index (κ3) is 5.74. The Hall–Kier alpha value is -4.50. The fourth-order valence-electron chi connectivity index (χ4n) is 5.11. The minimum atomic E-state index is -0.660. The fourth-order valence-corrected chi connectivity index (χ4v) is 5.11. The second-order valence-electron chi connectivity index (χ2n) is 10.2. The first kappa shape index (κ1) is 27.1. The number of carbonyl (C=O) groups excluding carboxylic acids is 3. The van der Waals surface area contributed by atoms with Gasteiger partial charge >= 0.3 is 12.0 Å². The summed E-state index contributed by atoms with van der Waals surface area (Å²) in [5, 5.41) is 6.03. The van der Waals surface area contributed by atoms with Crippen LogP contribution < -0.4 is 15.5 Å². The van der Waals surface area contributed by atoms with E-state index in [1.54, 1.807) is 30.1 Å². The molecule has 0 saturated carbocycles. The van der Waals surface area contributed by atoms with Crippen LogP contribution in [-0.2, 0) is 9.53 Å². The van der Waals surface area contributed by atoms with Crippen LogP contribution in [0.15, 0.2) is 77.8 Å². The van der Waals surface area contributed by atoms with Crippen molar-refractivity contribution in [2.45, 2.75) is 24.8 Å². The second-order valence-corrected chi connectivity index (χ2v) is 10.2. The van der Waals surface area contributed by atoms with E-state index in [-0.39, 0.29) is 18.0 Å². The normalized spacial score (nSPS) is 17.6. The Morgan fingerprint density at radius 2 is 1.70 bits per heavy atom. The van der Waals surface area contributed by atoms with Gasteiger partial charge in [0, 0.05) is 24.5 Å². The summed E-state index contributed by atoms with van der Waals surface area (Å²) >= 11 is 0. The summed E-state index contributed by atoms with van der Waals surface area (Å²) in [5.74, 6) is -1.35. The van der Waals surface area contributed by atoms with Crippen molar-refractivity contribution in [3.8, 4) is 0 Å². The summed E-state index contributed by atoms with van der Waals surface area (Å²) in [6.07, 6.45) is 1.88. The zero-order chi connectivity index (χ0) is 28.2. The van der Waals surface area contributed by atoms with E-state index in [9.17, 15) is 14.4 Å². The molecule has 0 spiro atoms. The minimum Gasteiger partial charge on any atom is -0.465 e. The lowest BCUT2D eigenvalue weighted by atomic mass is 9.90. The molecule has 9 nitrogen and oxygen atoms in total. The number of fused-ring (bicyclic) bond motifs is 1. The van der Waals surface area contributed by atoms with Crippen molar-refractivity contribution in [3.05, 3.63) is 89.5 Å². The standard InChI is InChI=1S/C31H33N5O4/c1-35-17-15-23(16-18-35)33-31(39)36(2)24-12-10-22(11-13-24)32-28(20-7-5-4-6-8-20)27-25-14-9-21(30(38)40-3)19-26(25)34-29(27)37/h4-14,19,23,27H,15-18H2,1-3H3,(H,33,39)(H,34,37). The van der Waals surface area contributed by atoms with Gasteiger partial charge in [-0.15, -0.1) is 0 Å². The van der Waals surface area contributed by atoms with E-state index in [0.717, 1.165) is 42.7 Å². The fraction of sp³-hybridized carbons (Fsp3) is 0.290. The number of rotatable bonds is 6. The Morgan fingerprint density at radius 1 is 1.00 bits per heavy atom. The molecule has 0 aliphatic carbocycles. The smallest absolute Gasteiger partial charge is 0.337 e. The number of anilines is 2. The van der Waals surface area contributed by atoms with Crippen molar-refractivity contribution in [1.29, 1.82) is 0 Å². The van der Waals surface area contributed by atoms with Gasteiger partial charge in [0.15, 0.2) is 0 Å². The number of amides is 3. The summed E-state index contributed by atoms with van der Waals surface area (Å²) < 4.78 is 4.82. The molecule has 2 N–H and O–H groups in total. The summed E-state index contributed by atoms with van der Waals surface area (Å²) in [6, 6.07) is 22.0. The lowest BCUT2D eigenvalue weighted by Gasteiger charge is -2.30. The maximum Gasteiger partial charge on any atom is 0.337 e. The molecule has 2 heterocycles. The largest absolute Gasteiger partial charge is 0.465 e. The number of methoxy groups -OCH3 is 1. The van der Waals surface area contributed by atoms with Crippen molar-refractivity contribution < 1.29 is 19.1 Å². The number of carbonyl (C=O) groups is 3. The van der Waals surface area contributed by atoms with Gasteiger partial charge in [-0.25, -0.2) is 9.59 Å². The van der Waals surface area contributed by atoms with Gasteiger partial charge in [-0.1, -0.05) is 36.4 Å². The van der Waals surface area contributed by atoms with Crippen molar-refractivity contribution >= 4 is 40.7 Å². The quantitative estimate of drug-likeness (QED) is 0.353. The molecule has 5 rings (SSSR count). The number of piperidine rings is 1. The molecule has 206 valence electrons. The minimum absolute atomic E-state index is 0.138. The Labute approximate surface area is 233 Å². The molecule has 3 aromatic rings. The van der Waals surface area contributed by atoms with Crippen LogP contribution in [0.25, 0.3) is 0 Å². The number of likely N-dealkylation sites (tertiary alicyclic amines) is 1. The maximum atomic E-state index is 13.2. The molecule has 1 fully saturated rings. The van der Waals surface area contributed by atoms with Gasteiger partial charge in [-0.05, 0) is 80.5 Å². The number of nitrogens with one attached hydrogen (secondary N) is 2. The van der Waals surface area contributed by atoms with E-state index in [1.165, 1.54) is 7.11 Å². The molecule has 40 heavy (non-hydrogen) atoms. The highest BCUT2D eigenvalue weighted by atomic mass is 16.5. The zero-order valence-corrected chi connectivity index (χ0v) is 22.9. The van der Waals surface area contributed by atoms with Gasteiger partial charge in [0.2, 0.25) is 5.91 Å². The summed E-state index contributed by atoms with van der Waals surface area (Å²) in [6.45, 7) is 1.95. The van der Waals surface area contributed by atoms with Crippen LogP contribution in [0.5, 0.6) is 0 Å². The molecule has 2 aliphatic heterocycles. The van der Waals surface area contributed by atoms with Gasteiger partial charge in [0.25, 0.3) is 0 Å². The number of ether oxygens (including phenoxy) is 1. The first-order chi connectivity index (χ1) is 19.3. The first-order valence-electron chi connectivity index (χ1n) is 13.3. The van der Waals surface area contributed by atoms with Crippen molar-refractivity contribution in [3.63, 3.8) is 0 Å². The number of aliphatic imine (C=N–C) groups is 1. The van der Waals surface area contributed by atoms with Crippen LogP contribution in [0.3, 0.4) is 0 Å². The molecule has 3 amide bonds. The van der Waals surface area contributed by atoms with Crippen molar-refractivity contribution in [2.75, 3.05) is 44.5 Å². The van der Waals surface area contributed by atoms with E-state index < -0.39 is 11.9 Å². The van der Waals surface area contributed by atoms with Crippen LogP contribution in [0.4, 0.5) is 21.9 Å². The van der Waals surface area contributed by atoms with Crippen LogP contribution in [-0.4, -0.2) is 68.9 Å². The molecular weight excluding hydrogens is 506 g/mol. The van der Waals surface area contributed by atoms with Crippen LogP contribution in [0, 0.1) is 0 Å². The molecular formula is C31H33N5O4. The lowest BCUT2D eigenvalue weighted by Crippen LogP contribution is -2.47. The molecule has 0 bridgehead atoms. The van der Waals surface area contributed by atoms with Crippen molar-refractivity contribution in [2.24, 2.45) is 4.99 Å². The number of hydrogen-bond acceptors (Lipinski definition) is 6. The molecule has 1 atom stereocenters. The molecule has 9 heteroatoms. The Bertz CT molecular complexity index is 1430. The molecule has 1 saturated heterocycles. The van der Waals surface area contributed by atoms with Gasteiger partial charge < -0.3 is 20.3 Å². The molecule has 2 aliphatic rings. The third-order valence-electron chi connectivity index (χ3n) is 7.49. The summed E-state index contributed by atoms with van der Waals surface area (Å²) in [7, 11) is 5.17. The van der Waals surface area contributed by atoms with E-state index in [4.69, 9.17) is 9.73 Å². The van der Waals surface area contributed by atoms with Crippen LogP contribution >= 0.6 is 0 Å². The predicted octanol–water partition coefficient (Wildman–Crippen LogP) is 4.57. The van der Waals surface area contributed by atoms with Crippen LogP contribution in [0.2, 0.25) is 0 Å². The number of hydrogen-bond donors (Lipinski definition) is 2. The van der Waals surface area contributed by atoms with Crippen molar-refractivity contribution in [1.82, 2.24) is 10.2 Å². The maximum absolute atomic E-state index is 13.2. The Morgan fingerprint density at radius 3 is 2.38 bits per heavy atom. The highest BCUT2D eigenvalue weighted by molar-refractivity contribution is 6.24.